The molecule has 1 aliphatic heterocycles. The van der Waals surface area contributed by atoms with Crippen LogP contribution in [0.15, 0.2) is 249 Å². The van der Waals surface area contributed by atoms with Crippen LogP contribution in [0.1, 0.15) is 22.3 Å². The first-order valence-electron chi connectivity index (χ1n) is 23.2. The van der Waals surface area contributed by atoms with Gasteiger partial charge < -0.3 is 9.64 Å². The van der Waals surface area contributed by atoms with Crippen molar-refractivity contribution in [3.05, 3.63) is 271 Å². The highest BCUT2D eigenvalue weighted by Gasteiger charge is 2.51. The quantitative estimate of drug-likeness (QED) is 0.160. The molecule has 1 aliphatic carbocycles. The molecule has 0 fully saturated rings. The molecule has 0 aromatic heterocycles. The minimum absolute atomic E-state index is 0.617. The number of para-hydroxylation sites is 2. The molecule has 1 spiro atoms. The minimum atomic E-state index is -0.617. The topological polar surface area (TPSA) is 12.5 Å². The van der Waals surface area contributed by atoms with E-state index in [9.17, 15) is 0 Å². The van der Waals surface area contributed by atoms with Gasteiger partial charge in [0.25, 0.3) is 0 Å². The standard InChI is InChI=1S/C65H41NO/c1-2-14-42(15-3-1)43-26-32-47(33-27-43)66(48-34-28-44(29-35-48)46-30-37-55-53-20-7-6-18-51(53)52-19-8-9-21-54(52)57(55)40-46)49-36-38-56-61(41-49)65(60-39-31-45-16-4-5-17-50(45)64(56)60)58-22-10-12-24-62(58)67-63-25-13-11-23-59(63)65/h1-41H. The summed E-state index contributed by atoms with van der Waals surface area (Å²) in [7, 11) is 0. The second-order valence-corrected chi connectivity index (χ2v) is 17.9. The maximum atomic E-state index is 6.75. The Bertz CT molecular complexity index is 3860. The monoisotopic (exact) mass is 851 g/mol. The van der Waals surface area contributed by atoms with E-state index in [-0.39, 0.29) is 0 Å². The van der Waals surface area contributed by atoms with Crippen LogP contribution in [0.2, 0.25) is 0 Å². The number of hydrogen-bond donors (Lipinski definition) is 0. The first-order valence-corrected chi connectivity index (χ1v) is 23.2. The zero-order valence-electron chi connectivity index (χ0n) is 36.5. The summed E-state index contributed by atoms with van der Waals surface area (Å²) in [6.45, 7) is 0. The largest absolute Gasteiger partial charge is 0.457 e. The molecule has 0 saturated carbocycles. The summed E-state index contributed by atoms with van der Waals surface area (Å²) in [5.41, 5.74) is 14.7. The average Bonchev–Trinajstić information content (AvgIpc) is 3.69. The molecule has 1 heterocycles. The van der Waals surface area contributed by atoms with E-state index in [0.29, 0.717) is 0 Å². The van der Waals surface area contributed by atoms with Crippen molar-refractivity contribution >= 4 is 60.2 Å². The van der Waals surface area contributed by atoms with Gasteiger partial charge in [-0.25, -0.2) is 0 Å². The lowest BCUT2D eigenvalue weighted by Gasteiger charge is -2.39. The van der Waals surface area contributed by atoms with E-state index < -0.39 is 5.41 Å². The van der Waals surface area contributed by atoms with Crippen molar-refractivity contribution < 1.29 is 4.74 Å². The molecule has 2 heteroatoms. The van der Waals surface area contributed by atoms with Crippen molar-refractivity contribution in [2.24, 2.45) is 0 Å². The smallest absolute Gasteiger partial charge is 0.132 e. The summed E-state index contributed by atoms with van der Waals surface area (Å²) in [4.78, 5) is 2.42. The molecule has 312 valence electrons. The van der Waals surface area contributed by atoms with Gasteiger partial charge in [0.1, 0.15) is 11.5 Å². The van der Waals surface area contributed by atoms with Gasteiger partial charge in [0.05, 0.1) is 5.41 Å². The number of nitrogens with zero attached hydrogens (tertiary/aromatic N) is 1. The summed E-state index contributed by atoms with van der Waals surface area (Å²) in [6, 6.07) is 91.2. The van der Waals surface area contributed by atoms with Gasteiger partial charge in [-0.15, -0.1) is 0 Å². The molecule has 0 saturated heterocycles. The third-order valence-electron chi connectivity index (χ3n) is 14.5. The fourth-order valence-electron chi connectivity index (χ4n) is 11.6. The molecule has 0 N–H and O–H groups in total. The number of hydrogen-bond acceptors (Lipinski definition) is 2. The Morgan fingerprint density at radius 2 is 0.761 bits per heavy atom. The first kappa shape index (κ1) is 37.6. The molecule has 0 unspecified atom stereocenters. The van der Waals surface area contributed by atoms with Crippen LogP contribution < -0.4 is 9.64 Å². The van der Waals surface area contributed by atoms with Crippen LogP contribution >= 0.6 is 0 Å². The maximum absolute atomic E-state index is 6.75. The normalized spacial score (nSPS) is 13.0. The van der Waals surface area contributed by atoms with Gasteiger partial charge in [-0.05, 0) is 142 Å². The molecule has 12 aromatic rings. The number of rotatable bonds is 5. The van der Waals surface area contributed by atoms with Gasteiger partial charge in [-0.1, -0.05) is 194 Å². The Labute approximate surface area is 389 Å². The molecule has 14 rings (SSSR count). The van der Waals surface area contributed by atoms with Crippen molar-refractivity contribution in [1.29, 1.82) is 0 Å². The van der Waals surface area contributed by atoms with Crippen molar-refractivity contribution in [3.63, 3.8) is 0 Å². The summed E-state index contributed by atoms with van der Waals surface area (Å²) >= 11 is 0. The predicted molar refractivity (Wildman–Crippen MR) is 279 cm³/mol. The molecule has 2 aliphatic rings. The summed E-state index contributed by atoms with van der Waals surface area (Å²) in [5.74, 6) is 1.77. The van der Waals surface area contributed by atoms with Gasteiger partial charge in [0.15, 0.2) is 0 Å². The molecule has 0 radical (unpaired) electrons. The van der Waals surface area contributed by atoms with E-state index in [0.717, 1.165) is 39.7 Å². The van der Waals surface area contributed by atoms with Crippen LogP contribution in [0, 0.1) is 0 Å². The molecule has 2 nitrogen and oxygen atoms in total. The number of fused-ring (bicyclic) bond motifs is 17. The highest BCUT2D eigenvalue weighted by atomic mass is 16.5. The van der Waals surface area contributed by atoms with Crippen molar-refractivity contribution in [3.8, 4) is 44.9 Å². The SMILES string of the molecule is c1ccc(-c2ccc(N(c3ccc(-c4ccc5c6ccccc6c6ccccc6c5c4)cc3)c3ccc4c(c3)C3(c5ccccc5Oc5ccccc53)c3ccc5ccccc5c3-4)cc2)cc1. The maximum Gasteiger partial charge on any atom is 0.132 e. The fourth-order valence-corrected chi connectivity index (χ4v) is 11.6. The summed E-state index contributed by atoms with van der Waals surface area (Å²) < 4.78 is 6.75. The lowest BCUT2D eigenvalue weighted by molar-refractivity contribution is 0.436. The third kappa shape index (κ3) is 5.57. The molecular weight excluding hydrogens is 811 g/mol. The zero-order chi connectivity index (χ0) is 44.1. The van der Waals surface area contributed by atoms with E-state index in [4.69, 9.17) is 4.74 Å². The molecule has 67 heavy (non-hydrogen) atoms. The van der Waals surface area contributed by atoms with Crippen molar-refractivity contribution in [1.82, 2.24) is 0 Å². The second-order valence-electron chi connectivity index (χ2n) is 17.9. The van der Waals surface area contributed by atoms with Gasteiger partial charge in [-0.2, -0.15) is 0 Å². The summed E-state index contributed by atoms with van der Waals surface area (Å²) in [6.07, 6.45) is 0. The van der Waals surface area contributed by atoms with E-state index in [2.05, 4.69) is 254 Å². The zero-order valence-corrected chi connectivity index (χ0v) is 36.5. The lowest BCUT2D eigenvalue weighted by Crippen LogP contribution is -2.32. The van der Waals surface area contributed by atoms with Crippen LogP contribution in [-0.4, -0.2) is 0 Å². The Kier molecular flexibility index (Phi) is 8.23. The predicted octanol–water partition coefficient (Wildman–Crippen LogP) is 17.6. The highest BCUT2D eigenvalue weighted by Crippen LogP contribution is 2.63. The average molecular weight is 852 g/mol. The number of ether oxygens (including phenoxy) is 1. The third-order valence-corrected chi connectivity index (χ3v) is 14.5. The lowest BCUT2D eigenvalue weighted by atomic mass is 9.66. The molecule has 0 bridgehead atoms. The fraction of sp³-hybridized carbons (Fsp3) is 0.0154. The van der Waals surface area contributed by atoms with Gasteiger partial charge in [0.2, 0.25) is 0 Å². The number of anilines is 3. The van der Waals surface area contributed by atoms with Crippen LogP contribution in [0.5, 0.6) is 11.5 Å². The Hall–Kier alpha value is -8.72. The van der Waals surface area contributed by atoms with Gasteiger partial charge in [-0.3, -0.25) is 0 Å². The molecule has 0 atom stereocenters. The first-order chi connectivity index (χ1) is 33.2. The van der Waals surface area contributed by atoms with Crippen LogP contribution in [0.25, 0.3) is 76.5 Å². The van der Waals surface area contributed by atoms with E-state index >= 15 is 0 Å². The van der Waals surface area contributed by atoms with Crippen LogP contribution in [0.4, 0.5) is 17.1 Å². The van der Waals surface area contributed by atoms with Crippen LogP contribution in [-0.2, 0) is 5.41 Å². The Morgan fingerprint density at radius 1 is 0.284 bits per heavy atom. The Balaban J connectivity index is 0.969. The van der Waals surface area contributed by atoms with E-state index in [1.165, 1.54) is 87.6 Å². The van der Waals surface area contributed by atoms with Crippen molar-refractivity contribution in [2.75, 3.05) is 4.90 Å². The summed E-state index contributed by atoms with van der Waals surface area (Å²) in [5, 5.41) is 10.2. The second kappa shape index (κ2) is 14.7. The molecular formula is C65H41NO. The van der Waals surface area contributed by atoms with Gasteiger partial charge in [0, 0.05) is 28.2 Å². The molecule has 0 amide bonds. The van der Waals surface area contributed by atoms with Crippen LogP contribution in [0.3, 0.4) is 0 Å². The number of benzene rings is 12. The van der Waals surface area contributed by atoms with E-state index in [1.807, 2.05) is 0 Å². The highest BCUT2D eigenvalue weighted by molar-refractivity contribution is 6.25. The minimum Gasteiger partial charge on any atom is -0.457 e. The van der Waals surface area contributed by atoms with Crippen molar-refractivity contribution in [2.45, 2.75) is 5.41 Å². The van der Waals surface area contributed by atoms with E-state index in [1.54, 1.807) is 0 Å². The Morgan fingerprint density at radius 3 is 1.40 bits per heavy atom. The van der Waals surface area contributed by atoms with Gasteiger partial charge >= 0.3 is 0 Å². The molecule has 12 aromatic carbocycles.